The van der Waals surface area contributed by atoms with Crippen LogP contribution in [0.1, 0.15) is 18.4 Å². The first-order valence-electron chi connectivity index (χ1n) is 7.28. The van der Waals surface area contributed by atoms with Crippen molar-refractivity contribution in [3.63, 3.8) is 0 Å². The summed E-state index contributed by atoms with van der Waals surface area (Å²) in [6, 6.07) is 8.13. The number of anilines is 2. The average molecular weight is 334 g/mol. The molecule has 0 spiro atoms. The van der Waals surface area contributed by atoms with E-state index in [9.17, 15) is 4.79 Å². The SMILES string of the molecule is Cc1ccc(Nc2nnc(SCC(=O)N3CCCC3)s2)cc1. The Hall–Kier alpha value is -1.60. The van der Waals surface area contributed by atoms with Crippen LogP contribution in [0.2, 0.25) is 0 Å². The molecule has 2 aromatic rings. The molecule has 22 heavy (non-hydrogen) atoms. The fourth-order valence-corrected chi connectivity index (χ4v) is 3.94. The third-order valence-corrected chi connectivity index (χ3v) is 5.44. The van der Waals surface area contributed by atoms with Crippen molar-refractivity contribution in [2.45, 2.75) is 24.1 Å². The van der Waals surface area contributed by atoms with Gasteiger partial charge in [0.05, 0.1) is 5.75 Å². The van der Waals surface area contributed by atoms with E-state index in [1.807, 2.05) is 29.2 Å². The second-order valence-corrected chi connectivity index (χ2v) is 7.44. The predicted molar refractivity (Wildman–Crippen MR) is 90.9 cm³/mol. The van der Waals surface area contributed by atoms with Gasteiger partial charge in [0, 0.05) is 18.8 Å². The smallest absolute Gasteiger partial charge is 0.233 e. The van der Waals surface area contributed by atoms with Crippen molar-refractivity contribution in [1.82, 2.24) is 15.1 Å². The second-order valence-electron chi connectivity index (χ2n) is 5.24. The Balaban J connectivity index is 1.52. The highest BCUT2D eigenvalue weighted by molar-refractivity contribution is 8.01. The molecule has 0 atom stereocenters. The molecule has 1 fully saturated rings. The number of carbonyl (C=O) groups is 1. The maximum absolute atomic E-state index is 12.0. The molecule has 2 heterocycles. The first-order chi connectivity index (χ1) is 10.7. The number of hydrogen-bond donors (Lipinski definition) is 1. The van der Waals surface area contributed by atoms with E-state index < -0.39 is 0 Å². The molecule has 7 heteroatoms. The van der Waals surface area contributed by atoms with Gasteiger partial charge < -0.3 is 10.2 Å². The van der Waals surface area contributed by atoms with Crippen molar-refractivity contribution < 1.29 is 4.79 Å². The van der Waals surface area contributed by atoms with Crippen LogP contribution in [0.4, 0.5) is 10.8 Å². The predicted octanol–water partition coefficient (Wildman–Crippen LogP) is 3.30. The lowest BCUT2D eigenvalue weighted by Crippen LogP contribution is -2.29. The molecule has 1 aliphatic rings. The third kappa shape index (κ3) is 3.98. The van der Waals surface area contributed by atoms with Gasteiger partial charge in [-0.05, 0) is 31.9 Å². The molecule has 1 aromatic heterocycles. The number of amides is 1. The molecule has 1 amide bonds. The number of hydrogen-bond acceptors (Lipinski definition) is 6. The Labute approximate surface area is 138 Å². The summed E-state index contributed by atoms with van der Waals surface area (Å²) >= 11 is 2.94. The summed E-state index contributed by atoms with van der Waals surface area (Å²) in [4.78, 5) is 13.9. The number of likely N-dealkylation sites (tertiary alicyclic amines) is 1. The van der Waals surface area contributed by atoms with Crippen LogP contribution in [-0.2, 0) is 4.79 Å². The Kier molecular flexibility index (Phi) is 4.94. The number of aryl methyl sites for hydroxylation is 1. The molecule has 0 unspecified atom stereocenters. The number of nitrogens with zero attached hydrogens (tertiary/aromatic N) is 3. The molecule has 0 saturated carbocycles. The van der Waals surface area contributed by atoms with Crippen LogP contribution < -0.4 is 5.32 Å². The number of carbonyl (C=O) groups excluding carboxylic acids is 1. The van der Waals surface area contributed by atoms with Crippen LogP contribution in [-0.4, -0.2) is 39.8 Å². The molecule has 116 valence electrons. The Morgan fingerprint density at radius 1 is 1.27 bits per heavy atom. The van der Waals surface area contributed by atoms with Crippen molar-refractivity contribution >= 4 is 39.8 Å². The minimum Gasteiger partial charge on any atom is -0.342 e. The minimum absolute atomic E-state index is 0.200. The van der Waals surface area contributed by atoms with E-state index in [4.69, 9.17) is 0 Å². The lowest BCUT2D eigenvalue weighted by Gasteiger charge is -2.13. The van der Waals surface area contributed by atoms with Gasteiger partial charge in [-0.25, -0.2) is 0 Å². The molecule has 0 aliphatic carbocycles. The van der Waals surface area contributed by atoms with Crippen LogP contribution in [0, 0.1) is 6.92 Å². The van der Waals surface area contributed by atoms with Gasteiger partial charge in [-0.3, -0.25) is 4.79 Å². The van der Waals surface area contributed by atoms with Gasteiger partial charge in [-0.2, -0.15) is 0 Å². The lowest BCUT2D eigenvalue weighted by atomic mass is 10.2. The molecule has 0 bridgehead atoms. The van der Waals surface area contributed by atoms with Crippen LogP contribution in [0.15, 0.2) is 28.6 Å². The molecule has 1 N–H and O–H groups in total. The Morgan fingerprint density at radius 2 is 2.00 bits per heavy atom. The number of thioether (sulfide) groups is 1. The fraction of sp³-hybridized carbons (Fsp3) is 0.400. The zero-order chi connectivity index (χ0) is 15.4. The summed E-state index contributed by atoms with van der Waals surface area (Å²) in [5.41, 5.74) is 2.21. The van der Waals surface area contributed by atoms with E-state index >= 15 is 0 Å². The van der Waals surface area contributed by atoms with E-state index in [0.717, 1.165) is 41.1 Å². The zero-order valence-electron chi connectivity index (χ0n) is 12.4. The van der Waals surface area contributed by atoms with Gasteiger partial charge in [0.2, 0.25) is 11.0 Å². The van der Waals surface area contributed by atoms with Crippen LogP contribution in [0.3, 0.4) is 0 Å². The van der Waals surface area contributed by atoms with E-state index in [-0.39, 0.29) is 5.91 Å². The van der Waals surface area contributed by atoms with Gasteiger partial charge >= 0.3 is 0 Å². The monoisotopic (exact) mass is 334 g/mol. The van der Waals surface area contributed by atoms with E-state index in [2.05, 4.69) is 22.4 Å². The van der Waals surface area contributed by atoms with Gasteiger partial charge in [0.1, 0.15) is 0 Å². The molecule has 3 rings (SSSR count). The minimum atomic E-state index is 0.200. The summed E-state index contributed by atoms with van der Waals surface area (Å²) in [5, 5.41) is 12.2. The number of rotatable bonds is 5. The summed E-state index contributed by atoms with van der Waals surface area (Å²) in [6.45, 7) is 3.85. The molecule has 1 aliphatic heterocycles. The third-order valence-electron chi connectivity index (χ3n) is 3.49. The van der Waals surface area contributed by atoms with Crippen LogP contribution in [0.25, 0.3) is 0 Å². The van der Waals surface area contributed by atoms with Crippen molar-refractivity contribution in [3.8, 4) is 0 Å². The molecule has 0 radical (unpaired) electrons. The normalized spacial score (nSPS) is 14.3. The van der Waals surface area contributed by atoms with Gasteiger partial charge in [0.25, 0.3) is 0 Å². The highest BCUT2D eigenvalue weighted by atomic mass is 32.2. The first-order valence-corrected chi connectivity index (χ1v) is 9.09. The average Bonchev–Trinajstić information content (AvgIpc) is 3.19. The zero-order valence-corrected chi connectivity index (χ0v) is 14.0. The first kappa shape index (κ1) is 15.3. The number of aromatic nitrogens is 2. The second kappa shape index (κ2) is 7.11. The molecular formula is C15H18N4OS2. The van der Waals surface area contributed by atoms with Gasteiger partial charge in [-0.1, -0.05) is 40.8 Å². The summed E-state index contributed by atoms with van der Waals surface area (Å²) in [5.74, 6) is 0.643. The van der Waals surface area contributed by atoms with Crippen molar-refractivity contribution in [2.24, 2.45) is 0 Å². The van der Waals surface area contributed by atoms with E-state index in [1.54, 1.807) is 0 Å². The highest BCUT2D eigenvalue weighted by Crippen LogP contribution is 2.28. The maximum atomic E-state index is 12.0. The molecule has 1 saturated heterocycles. The van der Waals surface area contributed by atoms with Crippen molar-refractivity contribution in [3.05, 3.63) is 29.8 Å². The standard InChI is InChI=1S/C15H18N4OS2/c1-11-4-6-12(7-5-11)16-14-17-18-15(22-14)21-10-13(20)19-8-2-3-9-19/h4-7H,2-3,8-10H2,1H3,(H,16,17). The summed E-state index contributed by atoms with van der Waals surface area (Å²) < 4.78 is 0.821. The summed E-state index contributed by atoms with van der Waals surface area (Å²) in [6.07, 6.45) is 2.25. The van der Waals surface area contributed by atoms with E-state index in [0.29, 0.717) is 5.75 Å². The van der Waals surface area contributed by atoms with E-state index in [1.165, 1.54) is 28.7 Å². The Morgan fingerprint density at radius 3 is 2.73 bits per heavy atom. The molecule has 5 nitrogen and oxygen atoms in total. The van der Waals surface area contributed by atoms with Crippen LogP contribution in [0.5, 0.6) is 0 Å². The summed E-state index contributed by atoms with van der Waals surface area (Å²) in [7, 11) is 0. The van der Waals surface area contributed by atoms with Crippen molar-refractivity contribution in [2.75, 3.05) is 24.2 Å². The maximum Gasteiger partial charge on any atom is 0.233 e. The highest BCUT2D eigenvalue weighted by Gasteiger charge is 2.18. The Bertz CT molecular complexity index is 635. The van der Waals surface area contributed by atoms with Gasteiger partial charge in [-0.15, -0.1) is 10.2 Å². The largest absolute Gasteiger partial charge is 0.342 e. The molecule has 1 aromatic carbocycles. The number of benzene rings is 1. The number of nitrogens with one attached hydrogen (secondary N) is 1. The molecular weight excluding hydrogens is 316 g/mol. The van der Waals surface area contributed by atoms with Crippen LogP contribution >= 0.6 is 23.1 Å². The van der Waals surface area contributed by atoms with Gasteiger partial charge in [0.15, 0.2) is 4.34 Å². The fourth-order valence-electron chi connectivity index (χ4n) is 2.26. The lowest BCUT2D eigenvalue weighted by molar-refractivity contribution is -0.127. The quantitative estimate of drug-likeness (QED) is 0.850. The topological polar surface area (TPSA) is 58.1 Å². The van der Waals surface area contributed by atoms with Crippen molar-refractivity contribution in [1.29, 1.82) is 0 Å².